The van der Waals surface area contributed by atoms with E-state index >= 15 is 0 Å². The maximum Gasteiger partial charge on any atom is 0.280 e. The van der Waals surface area contributed by atoms with E-state index < -0.39 is 0 Å². The molecular formula is C26H27N5O3. The van der Waals surface area contributed by atoms with Gasteiger partial charge in [-0.25, -0.2) is 4.98 Å². The van der Waals surface area contributed by atoms with Crippen LogP contribution in [0.1, 0.15) is 23.6 Å². The SMILES string of the molecule is C=C1[C@H](COCc2ccccc2)[C@@H](OCc2ccccc2)C[C@@H]1n1cn[13c]2[13c](=O)[nH][13c](N)n[13c]21. The Morgan fingerprint density at radius 3 is 2.44 bits per heavy atom. The highest BCUT2D eigenvalue weighted by Crippen LogP contribution is 2.42. The second-order valence-electron chi connectivity index (χ2n) is 8.54. The fraction of sp³-hybridized carbons (Fsp3) is 0.269. The summed E-state index contributed by atoms with van der Waals surface area (Å²) < 4.78 is 14.3. The molecule has 0 unspecified atom stereocenters. The van der Waals surface area contributed by atoms with Gasteiger partial charge in [0.1, 0.15) is 0 Å². The van der Waals surface area contributed by atoms with E-state index in [-0.39, 0.29) is 35.1 Å². The zero-order valence-electron chi connectivity index (χ0n) is 18.8. The van der Waals surface area contributed by atoms with Gasteiger partial charge < -0.3 is 19.8 Å². The molecule has 1 fully saturated rings. The summed E-state index contributed by atoms with van der Waals surface area (Å²) in [5.74, 6) is 0.0386. The molecule has 0 aliphatic heterocycles. The fourth-order valence-electron chi connectivity index (χ4n) is 4.54. The van der Waals surface area contributed by atoms with Gasteiger partial charge in [-0.1, -0.05) is 67.2 Å². The lowest BCUT2D eigenvalue weighted by Gasteiger charge is -2.21. The number of aromatic amines is 1. The van der Waals surface area contributed by atoms with Crippen molar-refractivity contribution in [1.82, 2.24) is 19.5 Å². The lowest BCUT2D eigenvalue weighted by atomic mass is 10.0. The number of nitrogens with zero attached hydrogens (tertiary/aromatic N) is 3. The average Bonchev–Trinajstić information content (AvgIpc) is 3.40. The first-order valence-corrected chi connectivity index (χ1v) is 11.3. The van der Waals surface area contributed by atoms with Crippen molar-refractivity contribution in [2.75, 3.05) is 12.3 Å². The topological polar surface area (TPSA) is 108 Å². The maximum absolute atomic E-state index is 12.3. The van der Waals surface area contributed by atoms with Crippen LogP contribution in [0.25, 0.3) is 11.2 Å². The van der Waals surface area contributed by atoms with E-state index in [4.69, 9.17) is 15.2 Å². The number of nitrogens with one attached hydrogen (secondary N) is 1. The summed E-state index contributed by atoms with van der Waals surface area (Å²) in [7, 11) is 0. The molecule has 3 N–H and O–H groups in total. The first-order chi connectivity index (χ1) is 16.6. The van der Waals surface area contributed by atoms with Crippen LogP contribution in [0.5, 0.6) is 0 Å². The number of hydrogen-bond donors (Lipinski definition) is 2. The van der Waals surface area contributed by atoms with E-state index in [0.29, 0.717) is 31.9 Å². The summed E-state index contributed by atoms with van der Waals surface area (Å²) in [6, 6.07) is 20.0. The normalized spacial score (nSPS) is 20.2. The highest BCUT2D eigenvalue weighted by atomic mass is 16.5. The zero-order chi connectivity index (χ0) is 23.5. The Labute approximate surface area is 197 Å². The van der Waals surface area contributed by atoms with Crippen LogP contribution in [0.2, 0.25) is 0 Å². The average molecular weight is 462 g/mol. The van der Waals surface area contributed by atoms with E-state index in [9.17, 15) is 4.79 Å². The summed E-state index contributed by atoms with van der Waals surface area (Å²) in [6.07, 6.45) is 2.19. The molecule has 2 heterocycles. The molecule has 4 aromatic rings. The third-order valence-corrected chi connectivity index (χ3v) is 6.31. The zero-order valence-corrected chi connectivity index (χ0v) is 18.8. The molecule has 8 heteroatoms. The van der Waals surface area contributed by atoms with Gasteiger partial charge >= 0.3 is 0 Å². The van der Waals surface area contributed by atoms with Gasteiger partial charge in [0, 0.05) is 5.92 Å². The number of imidazole rings is 1. The third-order valence-electron chi connectivity index (χ3n) is 6.31. The second-order valence-corrected chi connectivity index (χ2v) is 8.54. The van der Waals surface area contributed by atoms with Gasteiger partial charge in [-0.15, -0.1) is 0 Å². The Bertz CT molecular complexity index is 1330. The number of nitrogen functional groups attached to an aromatic ring is 1. The Hall–Kier alpha value is -3.75. The molecule has 0 radical (unpaired) electrons. The molecule has 2 aromatic carbocycles. The van der Waals surface area contributed by atoms with Crippen LogP contribution in [0, 0.1) is 5.92 Å². The number of rotatable bonds is 8. The van der Waals surface area contributed by atoms with Crippen molar-refractivity contribution in [3.8, 4) is 0 Å². The minimum absolute atomic E-state index is 0.0192. The predicted octanol–water partition coefficient (Wildman–Crippen LogP) is 3.62. The second kappa shape index (κ2) is 9.62. The molecule has 0 amide bonds. The van der Waals surface area contributed by atoms with Gasteiger partial charge in [-0.2, -0.15) is 4.98 Å². The summed E-state index contributed by atoms with van der Waals surface area (Å²) in [5.41, 5.74) is 9.33. The van der Waals surface area contributed by atoms with Crippen LogP contribution in [-0.4, -0.2) is 32.2 Å². The molecule has 5 rings (SSSR count). The minimum atomic E-state index is -0.357. The summed E-state index contributed by atoms with van der Waals surface area (Å²) >= 11 is 0. The molecule has 2 aromatic heterocycles. The molecule has 3 atom stereocenters. The smallest absolute Gasteiger partial charge is 0.280 e. The summed E-state index contributed by atoms with van der Waals surface area (Å²) in [5, 5.41) is 0. The van der Waals surface area contributed by atoms with Crippen molar-refractivity contribution < 1.29 is 9.47 Å². The Balaban J connectivity index is 1.38. The fourth-order valence-corrected chi connectivity index (χ4v) is 4.54. The maximum atomic E-state index is 12.3. The summed E-state index contributed by atoms with van der Waals surface area (Å²) in [6.45, 7) is 5.89. The molecule has 0 saturated heterocycles. The quantitative estimate of drug-likeness (QED) is 0.388. The van der Waals surface area contributed by atoms with Gasteiger partial charge in [0.2, 0.25) is 5.95 Å². The van der Waals surface area contributed by atoms with Gasteiger partial charge in [0.05, 0.1) is 38.3 Å². The van der Waals surface area contributed by atoms with Gasteiger partial charge in [-0.3, -0.25) is 9.78 Å². The van der Waals surface area contributed by atoms with Crippen molar-refractivity contribution in [1.29, 1.82) is 0 Å². The van der Waals surface area contributed by atoms with Gasteiger partial charge in [0.25, 0.3) is 5.56 Å². The van der Waals surface area contributed by atoms with Crippen molar-refractivity contribution in [3.05, 3.63) is 101 Å². The van der Waals surface area contributed by atoms with Crippen molar-refractivity contribution in [3.63, 3.8) is 0 Å². The van der Waals surface area contributed by atoms with E-state index in [1.165, 1.54) is 0 Å². The molecular weight excluding hydrogens is 434 g/mol. The number of H-pyrrole nitrogens is 1. The van der Waals surface area contributed by atoms with Crippen molar-refractivity contribution in [2.24, 2.45) is 5.92 Å². The third kappa shape index (κ3) is 4.50. The van der Waals surface area contributed by atoms with Gasteiger partial charge in [0.15, 0.2) is 11.2 Å². The largest absolute Gasteiger partial charge is 0.376 e. The molecule has 1 aliphatic rings. The number of hydrogen-bond acceptors (Lipinski definition) is 6. The Morgan fingerprint density at radius 1 is 1.06 bits per heavy atom. The molecule has 0 bridgehead atoms. The van der Waals surface area contributed by atoms with E-state index in [1.807, 2.05) is 65.2 Å². The Morgan fingerprint density at radius 2 is 1.74 bits per heavy atom. The highest BCUT2D eigenvalue weighted by molar-refractivity contribution is 5.71. The lowest BCUT2D eigenvalue weighted by molar-refractivity contribution is -0.0122. The highest BCUT2D eigenvalue weighted by Gasteiger charge is 2.40. The summed E-state index contributed by atoms with van der Waals surface area (Å²) in [4.78, 5) is 23.4. The van der Waals surface area contributed by atoms with Crippen molar-refractivity contribution >= 4 is 17.1 Å². The molecule has 0 spiro atoms. The van der Waals surface area contributed by atoms with Crippen molar-refractivity contribution in [2.45, 2.75) is 31.8 Å². The van der Waals surface area contributed by atoms with Crippen LogP contribution in [0.3, 0.4) is 0 Å². The number of ether oxygens (including phenoxy) is 2. The van der Waals surface area contributed by atoms with E-state index in [1.54, 1.807) is 6.33 Å². The van der Waals surface area contributed by atoms with Crippen LogP contribution < -0.4 is 11.3 Å². The van der Waals surface area contributed by atoms with Crippen LogP contribution in [0.15, 0.2) is 83.9 Å². The molecule has 8 nitrogen and oxygen atoms in total. The molecule has 1 aliphatic carbocycles. The Kier molecular flexibility index (Phi) is 6.24. The first-order valence-electron chi connectivity index (χ1n) is 11.3. The lowest BCUT2D eigenvalue weighted by Crippen LogP contribution is -2.23. The van der Waals surface area contributed by atoms with Crippen LogP contribution in [-0.2, 0) is 22.7 Å². The standard InChI is InChI=1S/C26H27N5O3/c1-17-20(15-33-13-18-8-4-2-5-9-18)22(34-14-19-10-6-3-7-11-19)12-21(17)31-16-28-23-24(31)29-26(27)30-25(23)32/h2-11,16,20-22H,1,12-15H2,(H3,27,29,30,32)/t20-,21-,22-/m0/s1/i23+1,24+1,25+1,26+1. The van der Waals surface area contributed by atoms with Gasteiger partial charge in [-0.05, 0) is 23.1 Å². The molecule has 1 saturated carbocycles. The molecule has 34 heavy (non-hydrogen) atoms. The number of aromatic nitrogens is 4. The van der Waals surface area contributed by atoms with E-state index in [2.05, 4.69) is 21.5 Å². The number of benzene rings is 2. The monoisotopic (exact) mass is 461 g/mol. The predicted molar refractivity (Wildman–Crippen MR) is 130 cm³/mol. The minimum Gasteiger partial charge on any atom is -0.376 e. The number of anilines is 1. The number of nitrogens with two attached hydrogens (primary N) is 1. The van der Waals surface area contributed by atoms with Crippen LogP contribution in [0.4, 0.5) is 5.95 Å². The van der Waals surface area contributed by atoms with E-state index in [0.717, 1.165) is 16.7 Å². The first kappa shape index (κ1) is 22.1. The molecule has 174 valence electrons. The van der Waals surface area contributed by atoms with Crippen LogP contribution >= 0.6 is 0 Å². The number of fused-ring (bicyclic) bond motifs is 1.